The summed E-state index contributed by atoms with van der Waals surface area (Å²) in [5, 5.41) is 5.14. The van der Waals surface area contributed by atoms with Crippen LogP contribution in [0, 0.1) is 13.8 Å². The highest BCUT2D eigenvalue weighted by Crippen LogP contribution is 2.35. The van der Waals surface area contributed by atoms with Gasteiger partial charge in [-0.3, -0.25) is 0 Å². The molecule has 2 amide bonds. The molecule has 0 bridgehead atoms. The van der Waals surface area contributed by atoms with Gasteiger partial charge in [-0.2, -0.15) is 0 Å². The molecule has 1 aromatic carbocycles. The predicted molar refractivity (Wildman–Crippen MR) is 102 cm³/mol. The van der Waals surface area contributed by atoms with E-state index < -0.39 is 0 Å². The minimum atomic E-state index is -0.0471. The number of hydrogen-bond acceptors (Lipinski definition) is 2. The Hall–Kier alpha value is -2.53. The summed E-state index contributed by atoms with van der Waals surface area (Å²) in [5.41, 5.74) is 4.42. The zero-order chi connectivity index (χ0) is 17.4. The SMILES string of the molecule is Cc1ccc(NC(=O)N2CCn3cccc3C2c2cccs2)cc1C. The molecule has 1 aliphatic heterocycles. The fraction of sp³-hybridized carbons (Fsp3) is 0.250. The largest absolute Gasteiger partial charge is 0.347 e. The van der Waals surface area contributed by atoms with Gasteiger partial charge in [0.15, 0.2) is 0 Å². The van der Waals surface area contributed by atoms with Gasteiger partial charge in [-0.1, -0.05) is 12.1 Å². The monoisotopic (exact) mass is 351 g/mol. The van der Waals surface area contributed by atoms with Crippen molar-refractivity contribution in [3.05, 3.63) is 75.7 Å². The number of thiophene rings is 1. The fourth-order valence-electron chi connectivity index (χ4n) is 3.36. The van der Waals surface area contributed by atoms with E-state index in [9.17, 15) is 4.79 Å². The third kappa shape index (κ3) is 2.96. The van der Waals surface area contributed by atoms with Gasteiger partial charge in [-0.05, 0) is 60.7 Å². The molecule has 1 unspecified atom stereocenters. The van der Waals surface area contributed by atoms with Gasteiger partial charge in [-0.25, -0.2) is 4.79 Å². The Balaban J connectivity index is 1.64. The average Bonchev–Trinajstić information content (AvgIpc) is 3.28. The molecular weight excluding hydrogens is 330 g/mol. The molecule has 4 rings (SSSR count). The molecule has 1 aliphatic rings. The topological polar surface area (TPSA) is 37.3 Å². The zero-order valence-corrected chi connectivity index (χ0v) is 15.2. The lowest BCUT2D eigenvalue weighted by molar-refractivity contribution is 0.183. The number of aryl methyl sites for hydroxylation is 2. The van der Waals surface area contributed by atoms with Crippen molar-refractivity contribution in [1.29, 1.82) is 0 Å². The van der Waals surface area contributed by atoms with Crippen LogP contribution in [0.4, 0.5) is 10.5 Å². The van der Waals surface area contributed by atoms with Crippen molar-refractivity contribution in [3.63, 3.8) is 0 Å². The van der Waals surface area contributed by atoms with Crippen molar-refractivity contribution in [1.82, 2.24) is 9.47 Å². The van der Waals surface area contributed by atoms with E-state index in [-0.39, 0.29) is 12.1 Å². The number of urea groups is 1. The standard InChI is InChI=1S/C20H21N3OS/c1-14-7-8-16(13-15(14)2)21-20(24)23-11-10-22-9-3-5-17(22)19(23)18-6-4-12-25-18/h3-9,12-13,19H,10-11H2,1-2H3,(H,21,24). The van der Waals surface area contributed by atoms with E-state index in [1.54, 1.807) is 11.3 Å². The number of anilines is 1. The molecular formula is C20H21N3OS. The third-order valence-corrected chi connectivity index (χ3v) is 5.79. The lowest BCUT2D eigenvalue weighted by Crippen LogP contribution is -2.44. The summed E-state index contributed by atoms with van der Waals surface area (Å²) >= 11 is 1.69. The van der Waals surface area contributed by atoms with Gasteiger partial charge in [0.05, 0.1) is 0 Å². The van der Waals surface area contributed by atoms with Crippen LogP contribution in [-0.2, 0) is 6.54 Å². The number of fused-ring (bicyclic) bond motifs is 1. The maximum Gasteiger partial charge on any atom is 0.322 e. The maximum absolute atomic E-state index is 13.0. The van der Waals surface area contributed by atoms with Crippen LogP contribution in [0.1, 0.15) is 27.7 Å². The number of rotatable bonds is 2. The molecule has 3 aromatic rings. The first-order chi connectivity index (χ1) is 12.1. The van der Waals surface area contributed by atoms with Crippen molar-refractivity contribution in [2.75, 3.05) is 11.9 Å². The van der Waals surface area contributed by atoms with Gasteiger partial charge >= 0.3 is 6.03 Å². The van der Waals surface area contributed by atoms with E-state index in [4.69, 9.17) is 0 Å². The molecule has 25 heavy (non-hydrogen) atoms. The van der Waals surface area contributed by atoms with E-state index in [0.717, 1.165) is 12.2 Å². The van der Waals surface area contributed by atoms with Crippen LogP contribution in [-0.4, -0.2) is 22.0 Å². The summed E-state index contributed by atoms with van der Waals surface area (Å²) in [6.45, 7) is 5.66. The number of nitrogens with one attached hydrogen (secondary N) is 1. The Morgan fingerprint density at radius 3 is 2.76 bits per heavy atom. The number of benzene rings is 1. The van der Waals surface area contributed by atoms with Gasteiger partial charge < -0.3 is 14.8 Å². The molecule has 0 saturated carbocycles. The lowest BCUT2D eigenvalue weighted by Gasteiger charge is -2.36. The smallest absolute Gasteiger partial charge is 0.322 e. The Bertz CT molecular complexity index is 898. The summed E-state index contributed by atoms with van der Waals surface area (Å²) < 4.78 is 2.24. The van der Waals surface area contributed by atoms with Crippen molar-refractivity contribution >= 4 is 23.1 Å². The molecule has 1 atom stereocenters. The van der Waals surface area contributed by atoms with Gasteiger partial charge in [0, 0.05) is 35.5 Å². The number of hydrogen-bond donors (Lipinski definition) is 1. The van der Waals surface area contributed by atoms with E-state index in [1.165, 1.54) is 21.7 Å². The van der Waals surface area contributed by atoms with Gasteiger partial charge in [0.25, 0.3) is 0 Å². The normalized spacial score (nSPS) is 16.6. The number of carbonyl (C=O) groups is 1. The fourth-order valence-corrected chi connectivity index (χ4v) is 4.21. The van der Waals surface area contributed by atoms with Gasteiger partial charge in [0.1, 0.15) is 6.04 Å². The molecule has 0 fully saturated rings. The molecule has 1 N–H and O–H groups in total. The van der Waals surface area contributed by atoms with Crippen molar-refractivity contribution < 1.29 is 4.79 Å². The van der Waals surface area contributed by atoms with Crippen LogP contribution >= 0.6 is 11.3 Å². The number of amides is 2. The molecule has 0 radical (unpaired) electrons. The highest BCUT2D eigenvalue weighted by Gasteiger charge is 2.32. The average molecular weight is 351 g/mol. The summed E-state index contributed by atoms with van der Waals surface area (Å²) in [4.78, 5) is 16.1. The number of nitrogens with zero attached hydrogens (tertiary/aromatic N) is 2. The molecule has 0 saturated heterocycles. The quantitative estimate of drug-likeness (QED) is 0.707. The molecule has 3 heterocycles. The van der Waals surface area contributed by atoms with Gasteiger partial charge in [0.2, 0.25) is 0 Å². The van der Waals surface area contributed by atoms with E-state index in [1.807, 2.05) is 29.2 Å². The summed E-state index contributed by atoms with van der Waals surface area (Å²) in [6, 6.07) is 14.3. The Labute approximate surface area is 151 Å². The summed E-state index contributed by atoms with van der Waals surface area (Å²) in [7, 11) is 0. The Kier molecular flexibility index (Phi) is 4.09. The van der Waals surface area contributed by atoms with Gasteiger partial charge in [-0.15, -0.1) is 11.3 Å². The van der Waals surface area contributed by atoms with Crippen LogP contribution < -0.4 is 5.32 Å². The number of aromatic nitrogens is 1. The first kappa shape index (κ1) is 16.0. The van der Waals surface area contributed by atoms with Crippen molar-refractivity contribution in [2.24, 2.45) is 0 Å². The molecule has 128 valence electrons. The predicted octanol–water partition coefficient (Wildman–Crippen LogP) is 4.80. The second kappa shape index (κ2) is 6.41. The first-order valence-electron chi connectivity index (χ1n) is 8.47. The molecule has 0 spiro atoms. The third-order valence-electron chi connectivity index (χ3n) is 4.87. The van der Waals surface area contributed by atoms with E-state index >= 15 is 0 Å². The zero-order valence-electron chi connectivity index (χ0n) is 14.4. The molecule has 5 heteroatoms. The summed E-state index contributed by atoms with van der Waals surface area (Å²) in [5.74, 6) is 0. The second-order valence-corrected chi connectivity index (χ2v) is 7.45. The van der Waals surface area contributed by atoms with Crippen LogP contribution in [0.5, 0.6) is 0 Å². The highest BCUT2D eigenvalue weighted by atomic mass is 32.1. The first-order valence-corrected chi connectivity index (χ1v) is 9.35. The lowest BCUT2D eigenvalue weighted by atomic mass is 10.1. The van der Waals surface area contributed by atoms with Crippen LogP contribution in [0.25, 0.3) is 0 Å². The van der Waals surface area contributed by atoms with E-state index in [0.29, 0.717) is 6.54 Å². The molecule has 0 aliphatic carbocycles. The minimum Gasteiger partial charge on any atom is -0.347 e. The highest BCUT2D eigenvalue weighted by molar-refractivity contribution is 7.10. The molecule has 4 nitrogen and oxygen atoms in total. The minimum absolute atomic E-state index is 0.0321. The van der Waals surface area contributed by atoms with Crippen LogP contribution in [0.2, 0.25) is 0 Å². The maximum atomic E-state index is 13.0. The number of carbonyl (C=O) groups excluding carboxylic acids is 1. The Morgan fingerprint density at radius 1 is 1.12 bits per heavy atom. The summed E-state index contributed by atoms with van der Waals surface area (Å²) in [6.07, 6.45) is 2.09. The van der Waals surface area contributed by atoms with Crippen LogP contribution in [0.3, 0.4) is 0 Å². The van der Waals surface area contributed by atoms with Crippen LogP contribution in [0.15, 0.2) is 54.0 Å². The van der Waals surface area contributed by atoms with Crippen molar-refractivity contribution in [2.45, 2.75) is 26.4 Å². The Morgan fingerprint density at radius 2 is 2.00 bits per heavy atom. The second-order valence-electron chi connectivity index (χ2n) is 6.47. The van der Waals surface area contributed by atoms with E-state index in [2.05, 4.69) is 53.5 Å². The van der Waals surface area contributed by atoms with Crippen molar-refractivity contribution in [3.8, 4) is 0 Å². The molecule has 2 aromatic heterocycles.